The van der Waals surface area contributed by atoms with Gasteiger partial charge in [-0.3, -0.25) is 10.1 Å². The van der Waals surface area contributed by atoms with Crippen molar-refractivity contribution in [2.45, 2.75) is 32.1 Å². The Labute approximate surface area is 201 Å². The van der Waals surface area contributed by atoms with Gasteiger partial charge in [0.05, 0.1) is 27.9 Å². The van der Waals surface area contributed by atoms with E-state index in [0.29, 0.717) is 0 Å². The fourth-order valence-corrected chi connectivity index (χ4v) is 4.59. The minimum atomic E-state index is -0.749. The maximum absolute atomic E-state index is 13.2. The summed E-state index contributed by atoms with van der Waals surface area (Å²) in [5.74, 6) is -0.666. The molecule has 2 aromatic heterocycles. The Hall–Kier alpha value is -4.24. The van der Waals surface area contributed by atoms with E-state index in [9.17, 15) is 14.9 Å². The molecule has 3 atom stereocenters. The average molecular weight is 473 g/mol. The molecule has 1 aliphatic rings. The number of non-ortho nitro benzene ring substituents is 1. The Balaban J connectivity index is 1.60. The summed E-state index contributed by atoms with van der Waals surface area (Å²) in [6.45, 7) is 3.97. The molecule has 5 rings (SSSR count). The van der Waals surface area contributed by atoms with Gasteiger partial charge < -0.3 is 19.2 Å². The number of aryl methyl sites for hydroxylation is 2. The SMILES string of the molecule is CO[C@@H]1c2ccn3c(C)c(C)nc3c2N[C@H](c2ccccc2)[C@H]1OC(=O)c1cccc([N+](=O)[O-])c1. The molecule has 0 aliphatic carbocycles. The van der Waals surface area contributed by atoms with Crippen LogP contribution in [-0.4, -0.2) is 33.5 Å². The van der Waals surface area contributed by atoms with E-state index >= 15 is 0 Å². The Bertz CT molecular complexity index is 1430. The van der Waals surface area contributed by atoms with Crippen molar-refractivity contribution < 1.29 is 19.2 Å². The van der Waals surface area contributed by atoms with Crippen LogP contribution < -0.4 is 5.32 Å². The third-order valence-electron chi connectivity index (χ3n) is 6.48. The number of hydrogen-bond acceptors (Lipinski definition) is 7. The number of nitro groups is 1. The minimum Gasteiger partial charge on any atom is -0.453 e. The summed E-state index contributed by atoms with van der Waals surface area (Å²) < 4.78 is 13.9. The van der Waals surface area contributed by atoms with Crippen molar-refractivity contribution in [2.75, 3.05) is 12.4 Å². The molecule has 1 aliphatic heterocycles. The summed E-state index contributed by atoms with van der Waals surface area (Å²) in [6.07, 6.45) is 0.585. The first kappa shape index (κ1) is 22.5. The van der Waals surface area contributed by atoms with E-state index in [-0.39, 0.29) is 11.3 Å². The Morgan fingerprint density at radius 1 is 1.11 bits per heavy atom. The van der Waals surface area contributed by atoms with Crippen molar-refractivity contribution in [2.24, 2.45) is 0 Å². The van der Waals surface area contributed by atoms with Crippen LogP contribution in [0.4, 0.5) is 11.4 Å². The number of esters is 1. The van der Waals surface area contributed by atoms with E-state index in [0.717, 1.165) is 33.8 Å². The number of nitrogens with zero attached hydrogens (tertiary/aromatic N) is 3. The van der Waals surface area contributed by atoms with E-state index in [1.165, 1.54) is 24.3 Å². The monoisotopic (exact) mass is 472 g/mol. The highest BCUT2D eigenvalue weighted by Gasteiger charge is 2.42. The first-order valence-corrected chi connectivity index (χ1v) is 11.2. The minimum absolute atomic E-state index is 0.0987. The highest BCUT2D eigenvalue weighted by molar-refractivity contribution is 5.90. The van der Waals surface area contributed by atoms with Crippen molar-refractivity contribution in [3.63, 3.8) is 0 Å². The van der Waals surface area contributed by atoms with E-state index in [1.54, 1.807) is 7.11 Å². The van der Waals surface area contributed by atoms with Crippen LogP contribution in [0.15, 0.2) is 66.9 Å². The summed E-state index contributed by atoms with van der Waals surface area (Å²) in [6, 6.07) is 16.6. The fraction of sp³-hybridized carbons (Fsp3) is 0.231. The topological polar surface area (TPSA) is 108 Å². The van der Waals surface area contributed by atoms with Crippen LogP contribution >= 0.6 is 0 Å². The number of benzene rings is 2. The summed E-state index contributed by atoms with van der Waals surface area (Å²) in [7, 11) is 1.57. The van der Waals surface area contributed by atoms with E-state index in [1.807, 2.05) is 60.8 Å². The van der Waals surface area contributed by atoms with Crippen LogP contribution in [-0.2, 0) is 9.47 Å². The van der Waals surface area contributed by atoms with Crippen molar-refractivity contribution in [3.05, 3.63) is 105 Å². The van der Waals surface area contributed by atoms with Crippen LogP contribution in [0.5, 0.6) is 0 Å². The van der Waals surface area contributed by atoms with Crippen LogP contribution in [0.3, 0.4) is 0 Å². The Morgan fingerprint density at radius 3 is 2.60 bits per heavy atom. The molecule has 0 unspecified atom stereocenters. The number of fused-ring (bicyclic) bond motifs is 3. The number of pyridine rings is 1. The second-order valence-electron chi connectivity index (χ2n) is 8.49. The average Bonchev–Trinajstić information content (AvgIpc) is 3.17. The first-order chi connectivity index (χ1) is 16.9. The van der Waals surface area contributed by atoms with Gasteiger partial charge in [0.1, 0.15) is 6.10 Å². The molecular formula is C26H24N4O5. The number of hydrogen-bond donors (Lipinski definition) is 1. The number of aromatic nitrogens is 2. The number of nitrogens with one attached hydrogen (secondary N) is 1. The van der Waals surface area contributed by atoms with E-state index in [2.05, 4.69) is 5.32 Å². The maximum Gasteiger partial charge on any atom is 0.338 e. The number of imidazole rings is 1. The lowest BCUT2D eigenvalue weighted by Gasteiger charge is -2.39. The zero-order chi connectivity index (χ0) is 24.7. The molecule has 9 nitrogen and oxygen atoms in total. The predicted octanol–water partition coefficient (Wildman–Crippen LogP) is 4.94. The van der Waals surface area contributed by atoms with Crippen molar-refractivity contribution >= 4 is 23.0 Å². The standard InChI is InChI=1S/C26H24N4O5/c1-15-16(2)29-13-12-20-22(25(29)27-15)28-21(17-8-5-4-6-9-17)24(23(20)34-3)35-26(31)18-10-7-11-19(14-18)30(32)33/h4-14,21,23-24,28H,1-3H3/t21-,23-,24-/m1/s1. The van der Waals surface area contributed by atoms with Crippen LogP contribution in [0, 0.1) is 24.0 Å². The smallest absolute Gasteiger partial charge is 0.338 e. The first-order valence-electron chi connectivity index (χ1n) is 11.2. The molecular weight excluding hydrogens is 448 g/mol. The molecule has 0 spiro atoms. The largest absolute Gasteiger partial charge is 0.453 e. The molecule has 1 N–H and O–H groups in total. The van der Waals surface area contributed by atoms with Gasteiger partial charge in [-0.2, -0.15) is 0 Å². The third-order valence-corrected chi connectivity index (χ3v) is 6.48. The van der Waals surface area contributed by atoms with Gasteiger partial charge in [0.25, 0.3) is 5.69 Å². The number of carbonyl (C=O) groups excluding carboxylic acids is 1. The number of methoxy groups -OCH3 is 1. The molecule has 0 bridgehead atoms. The molecule has 4 aromatic rings. The molecule has 2 aromatic carbocycles. The zero-order valence-corrected chi connectivity index (χ0v) is 19.5. The number of anilines is 1. The summed E-state index contributed by atoms with van der Waals surface area (Å²) in [5.41, 5.74) is 5.17. The van der Waals surface area contributed by atoms with Gasteiger partial charge in [-0.15, -0.1) is 0 Å². The quantitative estimate of drug-likeness (QED) is 0.249. The van der Waals surface area contributed by atoms with Crippen molar-refractivity contribution in [1.82, 2.24) is 9.38 Å². The molecule has 0 radical (unpaired) electrons. The van der Waals surface area contributed by atoms with Crippen LogP contribution in [0.25, 0.3) is 5.65 Å². The van der Waals surface area contributed by atoms with E-state index < -0.39 is 29.1 Å². The lowest BCUT2D eigenvalue weighted by atomic mass is 9.88. The normalized spacial score (nSPS) is 19.1. The van der Waals surface area contributed by atoms with Crippen LogP contribution in [0.2, 0.25) is 0 Å². The molecule has 178 valence electrons. The summed E-state index contributed by atoms with van der Waals surface area (Å²) >= 11 is 0. The molecule has 0 saturated heterocycles. The fourth-order valence-electron chi connectivity index (χ4n) is 4.59. The predicted molar refractivity (Wildman–Crippen MR) is 130 cm³/mol. The number of nitro benzene ring substituents is 1. The number of ether oxygens (including phenoxy) is 2. The lowest BCUT2D eigenvalue weighted by molar-refractivity contribution is -0.384. The zero-order valence-electron chi connectivity index (χ0n) is 19.5. The summed E-state index contributed by atoms with van der Waals surface area (Å²) in [4.78, 5) is 28.6. The van der Waals surface area contributed by atoms with Crippen molar-refractivity contribution in [3.8, 4) is 0 Å². The van der Waals surface area contributed by atoms with Gasteiger partial charge in [0, 0.05) is 36.7 Å². The third kappa shape index (κ3) is 3.89. The molecule has 9 heteroatoms. The Morgan fingerprint density at radius 2 is 1.89 bits per heavy atom. The Kier molecular flexibility index (Phi) is 5.70. The molecule has 0 saturated carbocycles. The van der Waals surface area contributed by atoms with Gasteiger partial charge in [-0.05, 0) is 31.5 Å². The highest BCUT2D eigenvalue weighted by atomic mass is 16.6. The van der Waals surface area contributed by atoms with Gasteiger partial charge in [0.2, 0.25) is 0 Å². The second kappa shape index (κ2) is 8.84. The van der Waals surface area contributed by atoms with Gasteiger partial charge in [0.15, 0.2) is 11.8 Å². The molecule has 3 heterocycles. The van der Waals surface area contributed by atoms with E-state index in [4.69, 9.17) is 14.5 Å². The van der Waals surface area contributed by atoms with Crippen LogP contribution in [0.1, 0.15) is 45.0 Å². The number of carbonyl (C=O) groups is 1. The van der Waals surface area contributed by atoms with Crippen molar-refractivity contribution in [1.29, 1.82) is 0 Å². The van der Waals surface area contributed by atoms with Gasteiger partial charge >= 0.3 is 5.97 Å². The highest BCUT2D eigenvalue weighted by Crippen LogP contribution is 2.44. The molecule has 0 fully saturated rings. The summed E-state index contributed by atoms with van der Waals surface area (Å²) in [5, 5.41) is 14.7. The lowest BCUT2D eigenvalue weighted by Crippen LogP contribution is -2.40. The molecule has 0 amide bonds. The molecule has 35 heavy (non-hydrogen) atoms. The number of rotatable bonds is 5. The second-order valence-corrected chi connectivity index (χ2v) is 8.49. The van der Waals surface area contributed by atoms with Gasteiger partial charge in [-0.25, -0.2) is 9.78 Å². The maximum atomic E-state index is 13.2. The van der Waals surface area contributed by atoms with Gasteiger partial charge in [-0.1, -0.05) is 36.4 Å².